The minimum absolute atomic E-state index is 1.37. The van der Waals surface area contributed by atoms with Gasteiger partial charge >= 0.3 is 162 Å². The first-order valence-corrected chi connectivity index (χ1v) is 16.5. The quantitative estimate of drug-likeness (QED) is 0.116. The molecule has 0 aromatic heterocycles. The molecule has 0 fully saturated rings. The van der Waals surface area contributed by atoms with Crippen LogP contribution in [-0.4, -0.2) is 24.6 Å². The Balaban J connectivity index is 4.89. The Hall–Kier alpha value is 1.16. The summed E-state index contributed by atoms with van der Waals surface area (Å²) in [6, 6.07) is 0. The van der Waals surface area contributed by atoms with Gasteiger partial charge in [0.15, 0.2) is 0 Å². The molecule has 0 aliphatic rings. The van der Waals surface area contributed by atoms with Gasteiger partial charge in [-0.15, -0.1) is 0 Å². The average molecular weight is 456 g/mol. The summed E-state index contributed by atoms with van der Waals surface area (Å²) in [5.41, 5.74) is 0. The van der Waals surface area contributed by atoms with E-state index >= 15 is 0 Å². The summed E-state index contributed by atoms with van der Waals surface area (Å²) in [7, 11) is 0. The first-order valence-electron chi connectivity index (χ1n) is 10.8. The van der Waals surface area contributed by atoms with Gasteiger partial charge in [-0.2, -0.15) is 0 Å². The molecule has 0 atom stereocenters. The molecule has 0 bridgehead atoms. The number of hydrogen-bond donors (Lipinski definition) is 0. The second-order valence-corrected chi connectivity index (χ2v) is 21.5. The van der Waals surface area contributed by atoms with Crippen molar-refractivity contribution in [3.63, 3.8) is 0 Å². The molecule has 2 heteroatoms. The zero-order chi connectivity index (χ0) is 17.5. The molecule has 0 radical (unpaired) electrons. The van der Waals surface area contributed by atoms with Crippen LogP contribution >= 0.6 is 26.3 Å². The van der Waals surface area contributed by atoms with Gasteiger partial charge in [0.25, 0.3) is 0 Å². The molecule has 0 N–H and O–H groups in total. The molecule has 0 saturated heterocycles. The monoisotopic (exact) mass is 456 g/mol. The Labute approximate surface area is 161 Å². The van der Waals surface area contributed by atoms with Gasteiger partial charge in [-0.3, -0.25) is 0 Å². The van der Waals surface area contributed by atoms with E-state index in [2.05, 4.69) is 49.7 Å². The van der Waals surface area contributed by atoms with E-state index in [0.29, 0.717) is 0 Å². The van der Waals surface area contributed by atoms with Crippen molar-refractivity contribution in [3.05, 3.63) is 0 Å². The first-order chi connectivity index (χ1) is 11.0. The molecule has 0 unspecified atom stereocenters. The standard InChI is InChI=1S/C21H46IP/c1-5-9-13-17-21-23(22,18-14-10-6-2,19-15-11-7-3)20-16-12-8-4/h5-21H2,1-4H3. The van der Waals surface area contributed by atoms with Crippen molar-refractivity contribution in [2.24, 2.45) is 0 Å². The van der Waals surface area contributed by atoms with Crippen LogP contribution in [-0.2, 0) is 0 Å². The van der Waals surface area contributed by atoms with Crippen molar-refractivity contribution < 1.29 is 0 Å². The van der Waals surface area contributed by atoms with Crippen LogP contribution in [0.3, 0.4) is 0 Å². The Morgan fingerprint density at radius 1 is 0.435 bits per heavy atom. The summed E-state index contributed by atoms with van der Waals surface area (Å²) >= 11 is 3.11. The fourth-order valence-electron chi connectivity index (χ4n) is 3.88. The predicted molar refractivity (Wildman–Crippen MR) is 123 cm³/mol. The van der Waals surface area contributed by atoms with Crippen LogP contribution in [0.25, 0.3) is 0 Å². The molecule has 0 spiro atoms. The van der Waals surface area contributed by atoms with Gasteiger partial charge in [-0.25, -0.2) is 0 Å². The van der Waals surface area contributed by atoms with Gasteiger partial charge in [-0.1, -0.05) is 0 Å². The molecular formula is C21H46IP. The zero-order valence-corrected chi connectivity index (χ0v) is 19.9. The summed E-state index contributed by atoms with van der Waals surface area (Å²) in [4.78, 5) is 0. The number of halogens is 1. The van der Waals surface area contributed by atoms with Gasteiger partial charge in [-0.05, 0) is 0 Å². The van der Waals surface area contributed by atoms with E-state index in [9.17, 15) is 0 Å². The van der Waals surface area contributed by atoms with E-state index in [0.717, 1.165) is 0 Å². The predicted octanol–water partition coefficient (Wildman–Crippen LogP) is 9.04. The van der Waals surface area contributed by atoms with E-state index in [-0.39, 0.29) is 0 Å². The Bertz CT molecular complexity index is 235. The van der Waals surface area contributed by atoms with Gasteiger partial charge < -0.3 is 0 Å². The van der Waals surface area contributed by atoms with E-state index in [1.54, 1.807) is 24.6 Å². The molecule has 0 nitrogen and oxygen atoms in total. The summed E-state index contributed by atoms with van der Waals surface area (Å²) in [6.45, 7) is 9.42. The average Bonchev–Trinajstić information content (AvgIpc) is 2.53. The minimum atomic E-state index is -1.48. The third-order valence-corrected chi connectivity index (χ3v) is 17.1. The second kappa shape index (κ2) is 14.3. The summed E-state index contributed by atoms with van der Waals surface area (Å²) < 4.78 is -1.48. The van der Waals surface area contributed by atoms with Crippen molar-refractivity contribution in [2.75, 3.05) is 24.6 Å². The number of hydrogen-bond acceptors (Lipinski definition) is 0. The number of rotatable bonds is 17. The van der Waals surface area contributed by atoms with Crippen LogP contribution in [0.1, 0.15) is 111 Å². The van der Waals surface area contributed by atoms with E-state index < -0.39 is 4.25 Å². The van der Waals surface area contributed by atoms with Crippen molar-refractivity contribution in [1.29, 1.82) is 0 Å². The summed E-state index contributed by atoms with van der Waals surface area (Å²) in [5, 5.41) is 0. The molecule has 0 aromatic rings. The van der Waals surface area contributed by atoms with Gasteiger partial charge in [0.05, 0.1) is 0 Å². The van der Waals surface area contributed by atoms with Crippen LogP contribution < -0.4 is 0 Å². The van der Waals surface area contributed by atoms with E-state index in [1.807, 2.05) is 0 Å². The molecule has 23 heavy (non-hydrogen) atoms. The first kappa shape index (κ1) is 24.2. The van der Waals surface area contributed by atoms with Gasteiger partial charge in [0.2, 0.25) is 0 Å². The van der Waals surface area contributed by atoms with Crippen molar-refractivity contribution in [2.45, 2.75) is 111 Å². The molecule has 0 aliphatic carbocycles. The third-order valence-electron chi connectivity index (χ3n) is 5.53. The summed E-state index contributed by atoms with van der Waals surface area (Å²) in [6.07, 6.45) is 25.2. The maximum absolute atomic E-state index is 3.11. The zero-order valence-electron chi connectivity index (χ0n) is 16.8. The normalized spacial score (nSPS) is 13.9. The van der Waals surface area contributed by atoms with Crippen molar-refractivity contribution in [3.8, 4) is 0 Å². The maximum atomic E-state index is 3.11. The molecule has 0 heterocycles. The van der Waals surface area contributed by atoms with E-state index in [4.69, 9.17) is 0 Å². The molecule has 0 rings (SSSR count). The van der Waals surface area contributed by atoms with Gasteiger partial charge in [0, 0.05) is 0 Å². The van der Waals surface area contributed by atoms with Gasteiger partial charge in [0.1, 0.15) is 0 Å². The van der Waals surface area contributed by atoms with Crippen LogP contribution in [0.4, 0.5) is 0 Å². The fourth-order valence-corrected chi connectivity index (χ4v) is 13.4. The second-order valence-electron chi connectivity index (χ2n) is 7.90. The Morgan fingerprint density at radius 2 is 0.696 bits per heavy atom. The molecule has 0 amide bonds. The molecular weight excluding hydrogens is 410 g/mol. The number of unbranched alkanes of at least 4 members (excludes halogenated alkanes) is 9. The molecule has 0 saturated carbocycles. The Kier molecular flexibility index (Phi) is 15.1. The molecule has 0 aromatic carbocycles. The summed E-state index contributed by atoms with van der Waals surface area (Å²) in [5.74, 6) is 0. The third kappa shape index (κ3) is 11.4. The molecule has 0 aliphatic heterocycles. The van der Waals surface area contributed by atoms with Crippen molar-refractivity contribution >= 4 is 26.3 Å². The van der Waals surface area contributed by atoms with Crippen LogP contribution in [0, 0.1) is 0 Å². The van der Waals surface area contributed by atoms with Crippen LogP contribution in [0.2, 0.25) is 0 Å². The van der Waals surface area contributed by atoms with Crippen molar-refractivity contribution in [1.82, 2.24) is 0 Å². The Morgan fingerprint density at radius 3 is 1.00 bits per heavy atom. The molecule has 142 valence electrons. The van der Waals surface area contributed by atoms with E-state index in [1.165, 1.54) is 83.5 Å². The van der Waals surface area contributed by atoms with Crippen LogP contribution in [0.15, 0.2) is 0 Å². The SMILES string of the molecule is CCCCCCP(I)(CCCCC)(CCCCC)CCCCC. The fraction of sp³-hybridized carbons (Fsp3) is 1.00. The van der Waals surface area contributed by atoms with Crippen LogP contribution in [0.5, 0.6) is 0 Å². The topological polar surface area (TPSA) is 0 Å².